The van der Waals surface area contributed by atoms with Gasteiger partial charge in [0.1, 0.15) is 5.75 Å². The van der Waals surface area contributed by atoms with E-state index in [1.165, 1.54) is 13.2 Å². The Kier molecular flexibility index (Phi) is 5.97. The van der Waals surface area contributed by atoms with Crippen molar-refractivity contribution in [3.8, 4) is 5.75 Å². The monoisotopic (exact) mass is 276 g/mol. The number of rotatable bonds is 6. The van der Waals surface area contributed by atoms with E-state index in [9.17, 15) is 9.59 Å². The van der Waals surface area contributed by atoms with Crippen LogP contribution in [0.3, 0.4) is 0 Å². The summed E-state index contributed by atoms with van der Waals surface area (Å²) in [6.07, 6.45) is 2.33. The molecule has 0 atom stereocenters. The molecule has 0 aliphatic carbocycles. The molecule has 1 rings (SSSR count). The lowest BCUT2D eigenvalue weighted by atomic mass is 9.98. The van der Waals surface area contributed by atoms with Gasteiger partial charge in [-0.25, -0.2) is 4.79 Å². The molecule has 108 valence electrons. The molecular formula is C16H20O4. The van der Waals surface area contributed by atoms with Gasteiger partial charge in [-0.2, -0.15) is 0 Å². The Morgan fingerprint density at radius 1 is 1.25 bits per heavy atom. The summed E-state index contributed by atoms with van der Waals surface area (Å²) in [6, 6.07) is 5.29. The molecule has 0 radical (unpaired) electrons. The molecule has 1 aromatic carbocycles. The van der Waals surface area contributed by atoms with Crippen LogP contribution in [0.15, 0.2) is 30.4 Å². The number of ketones is 1. The van der Waals surface area contributed by atoms with Gasteiger partial charge in [0, 0.05) is 11.6 Å². The number of ether oxygens (including phenoxy) is 2. The van der Waals surface area contributed by atoms with E-state index in [0.29, 0.717) is 12.2 Å². The van der Waals surface area contributed by atoms with Gasteiger partial charge >= 0.3 is 5.97 Å². The second-order valence-corrected chi connectivity index (χ2v) is 4.56. The highest BCUT2D eigenvalue weighted by Crippen LogP contribution is 2.27. The lowest BCUT2D eigenvalue weighted by molar-refractivity contribution is -0.134. The Morgan fingerprint density at radius 3 is 2.50 bits per heavy atom. The summed E-state index contributed by atoms with van der Waals surface area (Å²) >= 11 is 0. The Labute approximate surface area is 119 Å². The quantitative estimate of drug-likeness (QED) is 0.455. The molecule has 0 saturated heterocycles. The highest BCUT2D eigenvalue weighted by atomic mass is 16.5. The topological polar surface area (TPSA) is 52.6 Å². The molecule has 0 fully saturated rings. The number of esters is 1. The molecule has 0 saturated carbocycles. The molecule has 0 amide bonds. The van der Waals surface area contributed by atoms with E-state index in [-0.39, 0.29) is 11.7 Å². The van der Waals surface area contributed by atoms with Crippen molar-refractivity contribution >= 4 is 11.8 Å². The number of hydrogen-bond acceptors (Lipinski definition) is 4. The summed E-state index contributed by atoms with van der Waals surface area (Å²) in [7, 11) is 1.27. The van der Waals surface area contributed by atoms with E-state index < -0.39 is 5.97 Å². The number of allylic oxidation sites excluding steroid dienone is 1. The van der Waals surface area contributed by atoms with Crippen LogP contribution in [-0.2, 0) is 9.53 Å². The van der Waals surface area contributed by atoms with Crippen LogP contribution in [0.2, 0.25) is 0 Å². The van der Waals surface area contributed by atoms with Gasteiger partial charge in [0.2, 0.25) is 0 Å². The number of methoxy groups -OCH3 is 1. The summed E-state index contributed by atoms with van der Waals surface area (Å²) in [6.45, 7) is 6.57. The van der Waals surface area contributed by atoms with Crippen LogP contribution in [-0.4, -0.2) is 25.5 Å². The van der Waals surface area contributed by atoms with Gasteiger partial charge in [-0.1, -0.05) is 13.8 Å². The molecule has 1 aromatic rings. The molecule has 0 heterocycles. The largest absolute Gasteiger partial charge is 0.494 e. The van der Waals surface area contributed by atoms with Gasteiger partial charge in [0.25, 0.3) is 0 Å². The van der Waals surface area contributed by atoms with Gasteiger partial charge < -0.3 is 9.47 Å². The van der Waals surface area contributed by atoms with Crippen molar-refractivity contribution in [1.29, 1.82) is 0 Å². The molecule has 20 heavy (non-hydrogen) atoms. The second-order valence-electron chi connectivity index (χ2n) is 4.56. The highest BCUT2D eigenvalue weighted by molar-refractivity contribution is 6.07. The number of hydrogen-bond donors (Lipinski definition) is 0. The maximum absolute atomic E-state index is 12.0. The Balaban J connectivity index is 3.02. The third kappa shape index (κ3) is 4.23. The van der Waals surface area contributed by atoms with Crippen LogP contribution in [0.1, 0.15) is 42.6 Å². The first kappa shape index (κ1) is 16.0. The van der Waals surface area contributed by atoms with Crippen molar-refractivity contribution in [1.82, 2.24) is 0 Å². The molecular weight excluding hydrogens is 256 g/mol. The zero-order valence-electron chi connectivity index (χ0n) is 12.3. The average Bonchev–Trinajstić information content (AvgIpc) is 2.44. The lowest BCUT2D eigenvalue weighted by Gasteiger charge is -2.14. The van der Waals surface area contributed by atoms with Crippen molar-refractivity contribution in [2.45, 2.75) is 26.7 Å². The summed E-state index contributed by atoms with van der Waals surface area (Å²) in [5.74, 6) is 0.249. The molecule has 0 bridgehead atoms. The lowest BCUT2D eigenvalue weighted by Crippen LogP contribution is -2.03. The van der Waals surface area contributed by atoms with Crippen molar-refractivity contribution in [2.24, 2.45) is 0 Å². The van der Waals surface area contributed by atoms with Gasteiger partial charge in [0.15, 0.2) is 5.78 Å². The molecule has 0 unspecified atom stereocenters. The minimum atomic E-state index is -0.548. The fraction of sp³-hybridized carbons (Fsp3) is 0.375. The molecule has 0 aromatic heterocycles. The predicted molar refractivity (Wildman–Crippen MR) is 77.2 cm³/mol. The van der Waals surface area contributed by atoms with Crippen LogP contribution in [0.4, 0.5) is 0 Å². The molecule has 0 aliphatic heterocycles. The molecule has 0 N–H and O–H groups in total. The van der Waals surface area contributed by atoms with Crippen molar-refractivity contribution in [3.05, 3.63) is 41.5 Å². The van der Waals surface area contributed by atoms with Crippen LogP contribution >= 0.6 is 0 Å². The SMILES string of the molecule is CCOc1ccc(C(=O)/C=C/C(=O)OC)cc1C(C)C. The number of carbonyl (C=O) groups is 2. The van der Waals surface area contributed by atoms with Crippen LogP contribution in [0.5, 0.6) is 5.75 Å². The summed E-state index contributed by atoms with van der Waals surface area (Å²) < 4.78 is 10.00. The number of benzene rings is 1. The first-order chi connectivity index (χ1) is 9.49. The van der Waals surface area contributed by atoms with Crippen molar-refractivity contribution in [2.75, 3.05) is 13.7 Å². The standard InChI is InChI=1S/C16H20O4/c1-5-20-15-8-6-12(10-13(15)11(2)3)14(17)7-9-16(18)19-4/h6-11H,5H2,1-4H3/b9-7+. The van der Waals surface area contributed by atoms with Gasteiger partial charge in [-0.3, -0.25) is 4.79 Å². The van der Waals surface area contributed by atoms with E-state index in [0.717, 1.165) is 17.4 Å². The van der Waals surface area contributed by atoms with Crippen molar-refractivity contribution in [3.63, 3.8) is 0 Å². The van der Waals surface area contributed by atoms with E-state index in [4.69, 9.17) is 4.74 Å². The third-order valence-electron chi connectivity index (χ3n) is 2.79. The van der Waals surface area contributed by atoms with E-state index in [1.54, 1.807) is 18.2 Å². The van der Waals surface area contributed by atoms with Crippen LogP contribution < -0.4 is 4.74 Å². The smallest absolute Gasteiger partial charge is 0.330 e. The molecule has 4 nitrogen and oxygen atoms in total. The first-order valence-corrected chi connectivity index (χ1v) is 6.56. The fourth-order valence-corrected chi connectivity index (χ4v) is 1.75. The van der Waals surface area contributed by atoms with Gasteiger partial charge in [-0.15, -0.1) is 0 Å². The van der Waals surface area contributed by atoms with Crippen LogP contribution in [0, 0.1) is 0 Å². The molecule has 0 aliphatic rings. The normalized spacial score (nSPS) is 10.8. The van der Waals surface area contributed by atoms with E-state index in [1.807, 2.05) is 20.8 Å². The minimum Gasteiger partial charge on any atom is -0.494 e. The minimum absolute atomic E-state index is 0.236. The van der Waals surface area contributed by atoms with Gasteiger partial charge in [0.05, 0.1) is 13.7 Å². The molecule has 4 heteroatoms. The maximum Gasteiger partial charge on any atom is 0.330 e. The fourth-order valence-electron chi connectivity index (χ4n) is 1.75. The number of carbonyl (C=O) groups excluding carboxylic acids is 2. The summed E-state index contributed by atoms with van der Waals surface area (Å²) in [4.78, 5) is 23.0. The Morgan fingerprint density at radius 2 is 1.95 bits per heavy atom. The van der Waals surface area contributed by atoms with E-state index in [2.05, 4.69) is 4.74 Å². The maximum atomic E-state index is 12.0. The highest BCUT2D eigenvalue weighted by Gasteiger charge is 2.11. The third-order valence-corrected chi connectivity index (χ3v) is 2.79. The zero-order chi connectivity index (χ0) is 15.1. The second kappa shape index (κ2) is 7.48. The van der Waals surface area contributed by atoms with Crippen LogP contribution in [0.25, 0.3) is 0 Å². The average molecular weight is 276 g/mol. The zero-order valence-corrected chi connectivity index (χ0v) is 12.3. The Hall–Kier alpha value is -2.10. The predicted octanol–water partition coefficient (Wildman–Crippen LogP) is 3.12. The first-order valence-electron chi connectivity index (χ1n) is 6.56. The van der Waals surface area contributed by atoms with E-state index >= 15 is 0 Å². The molecule has 0 spiro atoms. The van der Waals surface area contributed by atoms with Gasteiger partial charge in [-0.05, 0) is 42.7 Å². The van der Waals surface area contributed by atoms with Crippen molar-refractivity contribution < 1.29 is 19.1 Å². The Bertz CT molecular complexity index is 515. The summed E-state index contributed by atoms with van der Waals surface area (Å²) in [5.41, 5.74) is 1.50. The summed E-state index contributed by atoms with van der Waals surface area (Å²) in [5, 5.41) is 0.